The summed E-state index contributed by atoms with van der Waals surface area (Å²) in [5, 5.41) is 9.53. The van der Waals surface area contributed by atoms with Gasteiger partial charge in [0.1, 0.15) is 23.8 Å². The summed E-state index contributed by atoms with van der Waals surface area (Å²) >= 11 is 1.60. The molecule has 0 unspecified atom stereocenters. The summed E-state index contributed by atoms with van der Waals surface area (Å²) in [4.78, 5) is 5.52. The van der Waals surface area contributed by atoms with Gasteiger partial charge in [-0.1, -0.05) is 6.07 Å². The Labute approximate surface area is 141 Å². The van der Waals surface area contributed by atoms with Crippen LogP contribution >= 0.6 is 11.3 Å². The van der Waals surface area contributed by atoms with Crippen molar-refractivity contribution in [3.63, 3.8) is 0 Å². The second-order valence-corrected chi connectivity index (χ2v) is 6.00. The van der Waals surface area contributed by atoms with Crippen LogP contribution in [0.4, 0.5) is 0 Å². The van der Waals surface area contributed by atoms with Gasteiger partial charge < -0.3 is 13.6 Å². The molecule has 1 aromatic carbocycles. The van der Waals surface area contributed by atoms with Crippen LogP contribution in [0.5, 0.6) is 5.75 Å². The van der Waals surface area contributed by atoms with Gasteiger partial charge in [-0.05, 0) is 42.6 Å². The summed E-state index contributed by atoms with van der Waals surface area (Å²) in [7, 11) is 0. The van der Waals surface area contributed by atoms with Crippen molar-refractivity contribution < 1.29 is 13.6 Å². The van der Waals surface area contributed by atoms with Gasteiger partial charge in [-0.2, -0.15) is 0 Å². The van der Waals surface area contributed by atoms with Crippen molar-refractivity contribution in [2.45, 2.75) is 13.5 Å². The number of aryl methyl sites for hydroxylation is 1. The lowest BCUT2D eigenvalue weighted by Gasteiger charge is -2.04. The van der Waals surface area contributed by atoms with E-state index in [9.17, 15) is 0 Å². The topological polar surface area (TPSA) is 74.2 Å². The third kappa shape index (κ3) is 2.93. The fourth-order valence-electron chi connectivity index (χ4n) is 2.21. The summed E-state index contributed by atoms with van der Waals surface area (Å²) in [5.74, 6) is 2.61. The highest BCUT2D eigenvalue weighted by atomic mass is 32.1. The van der Waals surface area contributed by atoms with Crippen molar-refractivity contribution >= 4 is 11.3 Å². The zero-order chi connectivity index (χ0) is 16.4. The lowest BCUT2D eigenvalue weighted by molar-refractivity contribution is 0.299. The van der Waals surface area contributed by atoms with Crippen molar-refractivity contribution in [1.29, 1.82) is 0 Å². The Hall–Kier alpha value is -2.93. The summed E-state index contributed by atoms with van der Waals surface area (Å²) in [5.41, 5.74) is 1.64. The van der Waals surface area contributed by atoms with Gasteiger partial charge in [-0.3, -0.25) is 0 Å². The molecule has 0 saturated heterocycles. The van der Waals surface area contributed by atoms with Crippen LogP contribution in [0.3, 0.4) is 0 Å². The lowest BCUT2D eigenvalue weighted by Crippen LogP contribution is -1.97. The normalized spacial score (nSPS) is 10.9. The Morgan fingerprint density at radius 1 is 1.12 bits per heavy atom. The number of rotatable bonds is 5. The van der Waals surface area contributed by atoms with Crippen LogP contribution in [0.2, 0.25) is 0 Å². The molecule has 0 saturated carbocycles. The molecule has 120 valence electrons. The summed E-state index contributed by atoms with van der Waals surface area (Å²) < 4.78 is 16.7. The maximum atomic E-state index is 5.79. The minimum atomic E-state index is 0.348. The molecule has 4 rings (SSSR count). The molecular formula is C17H13N3O3S. The predicted octanol–water partition coefficient (Wildman–Crippen LogP) is 4.34. The van der Waals surface area contributed by atoms with Crippen molar-refractivity contribution in [3.8, 4) is 28.0 Å². The summed E-state index contributed by atoms with van der Waals surface area (Å²) in [6.45, 7) is 2.24. The molecule has 4 aromatic rings. The highest BCUT2D eigenvalue weighted by Crippen LogP contribution is 2.27. The van der Waals surface area contributed by atoms with Crippen molar-refractivity contribution in [3.05, 3.63) is 59.6 Å². The van der Waals surface area contributed by atoms with E-state index >= 15 is 0 Å². The first-order chi connectivity index (χ1) is 11.8. The first kappa shape index (κ1) is 14.6. The predicted molar refractivity (Wildman–Crippen MR) is 88.6 cm³/mol. The van der Waals surface area contributed by atoms with Gasteiger partial charge in [0.15, 0.2) is 0 Å². The molecule has 0 radical (unpaired) electrons. The minimum absolute atomic E-state index is 0.348. The van der Waals surface area contributed by atoms with E-state index in [0.717, 1.165) is 27.6 Å². The van der Waals surface area contributed by atoms with Gasteiger partial charge in [0.05, 0.1) is 4.88 Å². The summed E-state index contributed by atoms with van der Waals surface area (Å²) in [6, 6.07) is 11.4. The van der Waals surface area contributed by atoms with E-state index < -0.39 is 0 Å². The zero-order valence-corrected chi connectivity index (χ0v) is 13.6. The van der Waals surface area contributed by atoms with E-state index in [1.807, 2.05) is 48.7 Å². The van der Waals surface area contributed by atoms with Crippen LogP contribution < -0.4 is 4.74 Å². The fourth-order valence-corrected chi connectivity index (χ4v) is 2.86. The van der Waals surface area contributed by atoms with E-state index in [0.29, 0.717) is 18.4 Å². The van der Waals surface area contributed by atoms with Gasteiger partial charge >= 0.3 is 0 Å². The maximum absolute atomic E-state index is 5.79. The van der Waals surface area contributed by atoms with Gasteiger partial charge in [0, 0.05) is 5.56 Å². The first-order valence-electron chi connectivity index (χ1n) is 7.29. The monoisotopic (exact) mass is 339 g/mol. The second-order valence-electron chi connectivity index (χ2n) is 5.06. The molecule has 0 aliphatic heterocycles. The largest absolute Gasteiger partial charge is 0.487 e. The molecule has 3 heterocycles. The van der Waals surface area contributed by atoms with Crippen molar-refractivity contribution in [2.75, 3.05) is 0 Å². The molecule has 24 heavy (non-hydrogen) atoms. The number of oxazole rings is 1. The number of nitrogens with zero attached hydrogens (tertiary/aromatic N) is 3. The lowest BCUT2D eigenvalue weighted by atomic mass is 10.2. The Bertz CT molecular complexity index is 913. The minimum Gasteiger partial charge on any atom is -0.487 e. The Morgan fingerprint density at radius 3 is 2.71 bits per heavy atom. The molecule has 0 bridgehead atoms. The van der Waals surface area contributed by atoms with Crippen LogP contribution in [0.25, 0.3) is 22.2 Å². The standard InChI is InChI=1S/C17H13N3O3S/c1-11-14(19-17(23-11)15-3-2-8-24-15)9-21-13-6-4-12(5-7-13)16-20-18-10-22-16/h2-8,10H,9H2,1H3. The molecule has 0 fully saturated rings. The molecule has 3 aromatic heterocycles. The van der Waals surface area contributed by atoms with Gasteiger partial charge in [0.2, 0.25) is 18.2 Å². The average Bonchev–Trinajstić information content (AvgIpc) is 3.35. The fraction of sp³-hybridized carbons (Fsp3) is 0.118. The third-order valence-corrected chi connectivity index (χ3v) is 4.32. The van der Waals surface area contributed by atoms with E-state index in [2.05, 4.69) is 15.2 Å². The number of benzene rings is 1. The van der Waals surface area contributed by atoms with E-state index in [1.165, 1.54) is 6.39 Å². The highest BCUT2D eigenvalue weighted by molar-refractivity contribution is 7.13. The molecule has 0 atom stereocenters. The van der Waals surface area contributed by atoms with Gasteiger partial charge in [-0.25, -0.2) is 4.98 Å². The number of thiophene rings is 1. The third-order valence-electron chi connectivity index (χ3n) is 3.46. The quantitative estimate of drug-likeness (QED) is 0.538. The van der Waals surface area contributed by atoms with Crippen LogP contribution in [0.1, 0.15) is 11.5 Å². The Balaban J connectivity index is 1.45. The Kier molecular flexibility index (Phi) is 3.84. The molecule has 6 nitrogen and oxygen atoms in total. The molecule has 0 spiro atoms. The van der Waals surface area contributed by atoms with Crippen molar-refractivity contribution in [1.82, 2.24) is 15.2 Å². The van der Waals surface area contributed by atoms with Crippen LogP contribution in [-0.4, -0.2) is 15.2 Å². The van der Waals surface area contributed by atoms with E-state index in [-0.39, 0.29) is 0 Å². The molecule has 0 aliphatic carbocycles. The van der Waals surface area contributed by atoms with Gasteiger partial charge in [-0.15, -0.1) is 21.5 Å². The SMILES string of the molecule is Cc1oc(-c2cccs2)nc1COc1ccc(-c2nnco2)cc1. The number of aromatic nitrogens is 3. The molecule has 0 N–H and O–H groups in total. The van der Waals surface area contributed by atoms with Crippen LogP contribution in [0, 0.1) is 6.92 Å². The average molecular weight is 339 g/mol. The number of ether oxygens (including phenoxy) is 1. The van der Waals surface area contributed by atoms with Gasteiger partial charge in [0.25, 0.3) is 0 Å². The number of hydrogen-bond acceptors (Lipinski definition) is 7. The second kappa shape index (κ2) is 6.29. The van der Waals surface area contributed by atoms with E-state index in [4.69, 9.17) is 13.6 Å². The molecule has 7 heteroatoms. The number of hydrogen-bond donors (Lipinski definition) is 0. The zero-order valence-electron chi connectivity index (χ0n) is 12.8. The molecule has 0 amide bonds. The Morgan fingerprint density at radius 2 is 2.00 bits per heavy atom. The first-order valence-corrected chi connectivity index (χ1v) is 8.17. The highest BCUT2D eigenvalue weighted by Gasteiger charge is 2.13. The van der Waals surface area contributed by atoms with Crippen LogP contribution in [-0.2, 0) is 6.61 Å². The molecular weight excluding hydrogens is 326 g/mol. The maximum Gasteiger partial charge on any atom is 0.247 e. The van der Waals surface area contributed by atoms with Crippen molar-refractivity contribution in [2.24, 2.45) is 0 Å². The molecule has 0 aliphatic rings. The summed E-state index contributed by atoms with van der Waals surface area (Å²) in [6.07, 6.45) is 1.30. The smallest absolute Gasteiger partial charge is 0.247 e. The van der Waals surface area contributed by atoms with Crippen LogP contribution in [0.15, 0.2) is 57.0 Å². The van der Waals surface area contributed by atoms with E-state index in [1.54, 1.807) is 11.3 Å².